The molecule has 2 aromatic rings. The van der Waals surface area contributed by atoms with Crippen molar-refractivity contribution in [3.63, 3.8) is 0 Å². The summed E-state index contributed by atoms with van der Waals surface area (Å²) in [5.41, 5.74) is 1.47. The number of carboxylic acid groups (broad SMARTS) is 1. The van der Waals surface area contributed by atoms with E-state index in [0.29, 0.717) is 16.9 Å². The molecule has 22 heavy (non-hydrogen) atoms. The number of benzene rings is 2. The van der Waals surface area contributed by atoms with Gasteiger partial charge < -0.3 is 10.4 Å². The zero-order valence-electron chi connectivity index (χ0n) is 11.2. The highest BCUT2D eigenvalue weighted by molar-refractivity contribution is 6.02. The summed E-state index contributed by atoms with van der Waals surface area (Å²) in [6.07, 6.45) is 0. The number of amides is 1. The molecule has 1 aliphatic rings. The van der Waals surface area contributed by atoms with Gasteiger partial charge >= 0.3 is 5.97 Å². The van der Waals surface area contributed by atoms with E-state index in [1.165, 1.54) is 42.5 Å². The predicted octanol–water partition coefficient (Wildman–Crippen LogP) is 3.30. The highest BCUT2D eigenvalue weighted by Gasteiger charge is 2.30. The van der Waals surface area contributed by atoms with Crippen molar-refractivity contribution in [2.24, 2.45) is 10.2 Å². The molecule has 0 aromatic heterocycles. The normalized spacial score (nSPS) is 16.6. The van der Waals surface area contributed by atoms with E-state index in [9.17, 15) is 14.0 Å². The van der Waals surface area contributed by atoms with E-state index >= 15 is 0 Å². The van der Waals surface area contributed by atoms with E-state index in [-0.39, 0.29) is 11.5 Å². The molecule has 110 valence electrons. The molecule has 1 atom stereocenters. The maximum atomic E-state index is 13.3. The van der Waals surface area contributed by atoms with Gasteiger partial charge in [-0.1, -0.05) is 0 Å². The highest BCUT2D eigenvalue weighted by Crippen LogP contribution is 2.34. The first-order valence-electron chi connectivity index (χ1n) is 6.39. The first-order valence-corrected chi connectivity index (χ1v) is 6.39. The standard InChI is InChI=1S/C15H10FN3O3/c16-9-3-6-12-11(7-9)13(14(20)17-12)19-18-10-4-1-8(2-5-10)15(21)22/h1-7,13H,(H,17,20)(H,21,22). The summed E-state index contributed by atoms with van der Waals surface area (Å²) < 4.78 is 13.3. The van der Waals surface area contributed by atoms with Crippen LogP contribution in [0.25, 0.3) is 0 Å². The number of halogens is 1. The highest BCUT2D eigenvalue weighted by atomic mass is 19.1. The lowest BCUT2D eigenvalue weighted by Gasteiger charge is -2.01. The minimum atomic E-state index is -1.04. The number of hydrogen-bond donors (Lipinski definition) is 2. The first kappa shape index (κ1) is 13.9. The molecule has 1 amide bonds. The summed E-state index contributed by atoms with van der Waals surface area (Å²) in [4.78, 5) is 22.6. The Morgan fingerprint density at radius 3 is 2.59 bits per heavy atom. The molecule has 7 heteroatoms. The van der Waals surface area contributed by atoms with Crippen LogP contribution in [-0.2, 0) is 4.79 Å². The molecule has 2 N–H and O–H groups in total. The number of carboxylic acids is 1. The van der Waals surface area contributed by atoms with Crippen LogP contribution < -0.4 is 5.32 Å². The molecular weight excluding hydrogens is 289 g/mol. The number of anilines is 1. The molecule has 0 aliphatic carbocycles. The van der Waals surface area contributed by atoms with Gasteiger partial charge in [-0.3, -0.25) is 4.79 Å². The molecule has 1 heterocycles. The number of aromatic carboxylic acids is 1. The van der Waals surface area contributed by atoms with Gasteiger partial charge in [-0.2, -0.15) is 10.2 Å². The molecule has 0 saturated carbocycles. The van der Waals surface area contributed by atoms with Crippen LogP contribution >= 0.6 is 0 Å². The second kappa shape index (κ2) is 5.36. The van der Waals surface area contributed by atoms with Gasteiger partial charge in [0, 0.05) is 11.3 Å². The number of carbonyl (C=O) groups is 2. The van der Waals surface area contributed by atoms with Gasteiger partial charge in [0.1, 0.15) is 5.82 Å². The van der Waals surface area contributed by atoms with E-state index in [0.717, 1.165) is 0 Å². The lowest BCUT2D eigenvalue weighted by molar-refractivity contribution is -0.116. The average Bonchev–Trinajstić information content (AvgIpc) is 2.80. The molecule has 0 saturated heterocycles. The number of nitrogens with one attached hydrogen (secondary N) is 1. The van der Waals surface area contributed by atoms with Crippen LogP contribution in [0.5, 0.6) is 0 Å². The van der Waals surface area contributed by atoms with Crippen molar-refractivity contribution < 1.29 is 19.1 Å². The van der Waals surface area contributed by atoms with E-state index < -0.39 is 17.8 Å². The van der Waals surface area contributed by atoms with Gasteiger partial charge in [-0.05, 0) is 42.5 Å². The average molecular weight is 299 g/mol. The third-order valence-corrected chi connectivity index (χ3v) is 3.22. The summed E-state index contributed by atoms with van der Waals surface area (Å²) >= 11 is 0. The summed E-state index contributed by atoms with van der Waals surface area (Å²) in [5.74, 6) is -1.88. The number of azo groups is 1. The van der Waals surface area contributed by atoms with Crippen molar-refractivity contribution in [3.05, 3.63) is 59.4 Å². The summed E-state index contributed by atoms with van der Waals surface area (Å²) in [7, 11) is 0. The SMILES string of the molecule is O=C(O)c1ccc(N=NC2C(=O)Nc3ccc(F)cc32)cc1. The Morgan fingerprint density at radius 1 is 1.18 bits per heavy atom. The maximum absolute atomic E-state index is 13.3. The second-order valence-corrected chi connectivity index (χ2v) is 4.69. The molecule has 0 bridgehead atoms. The predicted molar refractivity (Wildman–Crippen MR) is 75.7 cm³/mol. The van der Waals surface area contributed by atoms with Crippen molar-refractivity contribution in [2.75, 3.05) is 5.32 Å². The molecule has 0 spiro atoms. The maximum Gasteiger partial charge on any atom is 0.335 e. The Labute approximate surface area is 124 Å². The van der Waals surface area contributed by atoms with Gasteiger partial charge in [0.05, 0.1) is 11.3 Å². The zero-order valence-corrected chi connectivity index (χ0v) is 11.2. The Kier molecular flexibility index (Phi) is 3.38. The quantitative estimate of drug-likeness (QED) is 0.852. The van der Waals surface area contributed by atoms with Crippen LogP contribution in [0.3, 0.4) is 0 Å². The van der Waals surface area contributed by atoms with Gasteiger partial charge in [-0.15, -0.1) is 0 Å². The van der Waals surface area contributed by atoms with Crippen LogP contribution in [0, 0.1) is 5.82 Å². The van der Waals surface area contributed by atoms with Crippen LogP contribution in [0.4, 0.5) is 15.8 Å². The molecular formula is C15H10FN3O3. The summed E-state index contributed by atoms with van der Waals surface area (Å²) in [6, 6.07) is 8.79. The minimum absolute atomic E-state index is 0.130. The Balaban J connectivity index is 1.85. The number of rotatable bonds is 3. The van der Waals surface area contributed by atoms with Crippen molar-refractivity contribution in [1.82, 2.24) is 0 Å². The van der Waals surface area contributed by atoms with Gasteiger partial charge in [0.2, 0.25) is 0 Å². The van der Waals surface area contributed by atoms with Crippen molar-refractivity contribution >= 4 is 23.3 Å². The number of carbonyl (C=O) groups excluding carboxylic acids is 1. The number of fused-ring (bicyclic) bond motifs is 1. The smallest absolute Gasteiger partial charge is 0.335 e. The van der Waals surface area contributed by atoms with E-state index in [1.54, 1.807) is 0 Å². The van der Waals surface area contributed by atoms with Crippen LogP contribution in [0.2, 0.25) is 0 Å². The van der Waals surface area contributed by atoms with Gasteiger partial charge in [0.15, 0.2) is 6.04 Å². The number of hydrogen-bond acceptors (Lipinski definition) is 4. The topological polar surface area (TPSA) is 91.1 Å². The van der Waals surface area contributed by atoms with Gasteiger partial charge in [-0.25, -0.2) is 9.18 Å². The fourth-order valence-electron chi connectivity index (χ4n) is 2.13. The first-order chi connectivity index (χ1) is 10.5. The van der Waals surface area contributed by atoms with Crippen LogP contribution in [-0.4, -0.2) is 17.0 Å². The molecule has 6 nitrogen and oxygen atoms in total. The molecule has 3 rings (SSSR count). The number of nitrogens with zero attached hydrogens (tertiary/aromatic N) is 2. The fraction of sp³-hybridized carbons (Fsp3) is 0.0667. The second-order valence-electron chi connectivity index (χ2n) is 4.69. The van der Waals surface area contributed by atoms with Gasteiger partial charge in [0.25, 0.3) is 5.91 Å². The molecule has 1 unspecified atom stereocenters. The molecule has 0 radical (unpaired) electrons. The lowest BCUT2D eigenvalue weighted by atomic mass is 10.1. The van der Waals surface area contributed by atoms with Crippen molar-refractivity contribution in [1.29, 1.82) is 0 Å². The summed E-state index contributed by atoms with van der Waals surface area (Å²) in [6.45, 7) is 0. The molecule has 0 fully saturated rings. The minimum Gasteiger partial charge on any atom is -0.478 e. The Hall–Kier alpha value is -3.09. The largest absolute Gasteiger partial charge is 0.478 e. The monoisotopic (exact) mass is 299 g/mol. The zero-order chi connectivity index (χ0) is 15.7. The van der Waals surface area contributed by atoms with E-state index in [1.807, 2.05) is 0 Å². The van der Waals surface area contributed by atoms with Crippen molar-refractivity contribution in [2.45, 2.75) is 6.04 Å². The third kappa shape index (κ3) is 2.56. The van der Waals surface area contributed by atoms with Crippen molar-refractivity contribution in [3.8, 4) is 0 Å². The Bertz CT molecular complexity index is 787. The van der Waals surface area contributed by atoms with Crippen LogP contribution in [0.1, 0.15) is 22.0 Å². The summed E-state index contributed by atoms with van der Waals surface area (Å²) in [5, 5.41) is 19.3. The fourth-order valence-corrected chi connectivity index (χ4v) is 2.13. The molecule has 2 aromatic carbocycles. The molecule has 1 aliphatic heterocycles. The Morgan fingerprint density at radius 2 is 1.91 bits per heavy atom. The third-order valence-electron chi connectivity index (χ3n) is 3.22. The van der Waals surface area contributed by atoms with Crippen LogP contribution in [0.15, 0.2) is 52.7 Å². The van der Waals surface area contributed by atoms with E-state index in [2.05, 4.69) is 15.5 Å². The lowest BCUT2D eigenvalue weighted by Crippen LogP contribution is -2.09. The van der Waals surface area contributed by atoms with E-state index in [4.69, 9.17) is 5.11 Å².